The Balaban J connectivity index is 0.00000158. The van der Waals surface area contributed by atoms with Crippen molar-refractivity contribution in [3.63, 3.8) is 0 Å². The summed E-state index contributed by atoms with van der Waals surface area (Å²) in [5, 5.41) is 8.19. The molecule has 3 heteroatoms. The molecule has 204 valence electrons. The van der Waals surface area contributed by atoms with Crippen LogP contribution in [0.4, 0.5) is 0 Å². The molecule has 42 heavy (non-hydrogen) atoms. The SMILES string of the molecule is C[C](C)=[Zr+2]([CH]1C=Cc2c(-c3cccc4ccccc34)cccc21)[CH]1C=Cc2ccc3ccc4ccccc4c3c21.[Cl-].[Cl-]. The first kappa shape index (κ1) is 29.0. The minimum atomic E-state index is -2.27. The van der Waals surface area contributed by atoms with Gasteiger partial charge in [0.15, 0.2) is 0 Å². The van der Waals surface area contributed by atoms with Crippen LogP contribution in [-0.4, -0.2) is 3.21 Å². The van der Waals surface area contributed by atoms with E-state index in [0.717, 1.165) is 0 Å². The number of hydrogen-bond acceptors (Lipinski definition) is 0. The van der Waals surface area contributed by atoms with E-state index in [1.54, 1.807) is 8.77 Å². The molecule has 0 saturated heterocycles. The number of halogens is 2. The van der Waals surface area contributed by atoms with Crippen LogP contribution in [0, 0.1) is 0 Å². The van der Waals surface area contributed by atoms with Crippen molar-refractivity contribution < 1.29 is 46.1 Å². The number of rotatable bonds is 3. The van der Waals surface area contributed by atoms with Gasteiger partial charge in [-0.2, -0.15) is 0 Å². The maximum absolute atomic E-state index is 2.57. The van der Waals surface area contributed by atoms with Gasteiger partial charge in [0.05, 0.1) is 0 Å². The third kappa shape index (κ3) is 4.50. The molecule has 0 saturated carbocycles. The van der Waals surface area contributed by atoms with Crippen LogP contribution in [0.1, 0.15) is 43.4 Å². The van der Waals surface area contributed by atoms with E-state index < -0.39 is 21.3 Å². The van der Waals surface area contributed by atoms with E-state index in [0.29, 0.717) is 7.25 Å². The zero-order valence-corrected chi connectivity index (χ0v) is 27.6. The van der Waals surface area contributed by atoms with Crippen molar-refractivity contribution in [3.05, 3.63) is 144 Å². The Kier molecular flexibility index (Phi) is 7.97. The van der Waals surface area contributed by atoms with Crippen LogP contribution in [0.25, 0.3) is 55.6 Å². The van der Waals surface area contributed by atoms with Crippen molar-refractivity contribution in [2.24, 2.45) is 0 Å². The summed E-state index contributed by atoms with van der Waals surface area (Å²) >= 11 is -2.27. The molecule has 0 aromatic heterocycles. The van der Waals surface area contributed by atoms with Gasteiger partial charge in [-0.3, -0.25) is 0 Å². The van der Waals surface area contributed by atoms with Gasteiger partial charge in [-0.05, 0) is 0 Å². The molecule has 0 spiro atoms. The number of hydrogen-bond donors (Lipinski definition) is 0. The third-order valence-electron chi connectivity index (χ3n) is 9.02. The third-order valence-corrected chi connectivity index (χ3v) is 17.6. The van der Waals surface area contributed by atoms with Crippen molar-refractivity contribution in [1.82, 2.24) is 0 Å². The molecule has 0 bridgehead atoms. The summed E-state index contributed by atoms with van der Waals surface area (Å²) in [5.41, 5.74) is 8.66. The van der Waals surface area contributed by atoms with Crippen LogP contribution in [-0.2, 0) is 21.3 Å². The van der Waals surface area contributed by atoms with E-state index in [1.165, 1.54) is 60.1 Å². The maximum Gasteiger partial charge on any atom is -1.00 e. The molecule has 0 nitrogen and oxygen atoms in total. The Bertz CT molecular complexity index is 2090. The molecule has 2 unspecified atom stereocenters. The van der Waals surface area contributed by atoms with Crippen LogP contribution >= 0.6 is 0 Å². The summed E-state index contributed by atoms with van der Waals surface area (Å²) in [5.74, 6) is 0. The van der Waals surface area contributed by atoms with Crippen molar-refractivity contribution in [3.8, 4) is 11.1 Å². The predicted molar refractivity (Wildman–Crippen MR) is 171 cm³/mol. The second kappa shape index (κ2) is 11.5. The first-order valence-electron chi connectivity index (χ1n) is 14.3. The first-order chi connectivity index (χ1) is 19.7. The molecule has 2 aliphatic carbocycles. The Hall–Kier alpha value is -3.09. The molecule has 6 aromatic carbocycles. The molecule has 0 amide bonds. The molecule has 8 rings (SSSR count). The minimum Gasteiger partial charge on any atom is -1.00 e. The van der Waals surface area contributed by atoms with Crippen LogP contribution in [0.15, 0.2) is 121 Å². The van der Waals surface area contributed by atoms with Gasteiger partial charge < -0.3 is 24.8 Å². The van der Waals surface area contributed by atoms with Gasteiger partial charge >= 0.3 is 245 Å². The van der Waals surface area contributed by atoms with E-state index in [9.17, 15) is 0 Å². The molecule has 6 aromatic rings. The normalized spacial score (nSPS) is 16.0. The van der Waals surface area contributed by atoms with Crippen LogP contribution in [0.3, 0.4) is 0 Å². The fraction of sp³-hybridized carbons (Fsp3) is 0.103. The summed E-state index contributed by atoms with van der Waals surface area (Å²) in [4.78, 5) is 0. The molecule has 0 radical (unpaired) electrons. The van der Waals surface area contributed by atoms with Gasteiger partial charge in [0, 0.05) is 0 Å². The van der Waals surface area contributed by atoms with Gasteiger partial charge in [-0.25, -0.2) is 0 Å². The zero-order chi connectivity index (χ0) is 26.8. The van der Waals surface area contributed by atoms with E-state index in [-0.39, 0.29) is 24.8 Å². The summed E-state index contributed by atoms with van der Waals surface area (Å²) in [6, 6.07) is 40.7. The predicted octanol–water partition coefficient (Wildman–Crippen LogP) is 4.49. The fourth-order valence-corrected chi connectivity index (χ4v) is 15.8. The second-order valence-corrected chi connectivity index (χ2v) is 19.2. The Morgan fingerprint density at radius 1 is 0.548 bits per heavy atom. The van der Waals surface area contributed by atoms with E-state index >= 15 is 0 Å². The molecule has 2 atom stereocenters. The van der Waals surface area contributed by atoms with Crippen molar-refractivity contribution in [2.75, 3.05) is 0 Å². The first-order valence-corrected chi connectivity index (χ1v) is 18.3. The molecule has 0 N–H and O–H groups in total. The smallest absolute Gasteiger partial charge is 1.00 e. The van der Waals surface area contributed by atoms with Gasteiger partial charge in [0.2, 0.25) is 0 Å². The van der Waals surface area contributed by atoms with Gasteiger partial charge in [0.25, 0.3) is 0 Å². The fourth-order valence-electron chi connectivity index (χ4n) is 7.30. The number of fused-ring (bicyclic) bond motifs is 7. The standard InChI is InChI=1S/C19H13.C17H11.C3H6.2ClH.Zr/c1-2-10-16-14(6-1)8-4-12-18(16)19-13-5-9-15-7-3-11-17(15)19;1-2-6-15-12(4-1)8-10-14-11-9-13-5-3-7-16(13)17(14)15;1-3-2;;;/h1-13H;1-11H;1-2H3;2*1H;/q;;;;;+2/p-2. The molecular weight excluding hydrogens is 631 g/mol. The minimum absolute atomic E-state index is 0. The molecule has 0 heterocycles. The van der Waals surface area contributed by atoms with Crippen LogP contribution in [0.5, 0.6) is 0 Å². The largest absolute Gasteiger partial charge is 1.00 e. The van der Waals surface area contributed by atoms with Crippen molar-refractivity contribution in [1.29, 1.82) is 0 Å². The van der Waals surface area contributed by atoms with Crippen LogP contribution in [0.2, 0.25) is 0 Å². The average Bonchev–Trinajstić information content (AvgIpc) is 3.62. The topological polar surface area (TPSA) is 0 Å². The van der Waals surface area contributed by atoms with Gasteiger partial charge in [-0.1, -0.05) is 0 Å². The molecule has 0 fully saturated rings. The van der Waals surface area contributed by atoms with Crippen molar-refractivity contribution in [2.45, 2.75) is 21.1 Å². The maximum atomic E-state index is 2.57. The average molecular weight is 661 g/mol. The monoisotopic (exact) mass is 658 g/mol. The number of benzene rings is 6. The Morgan fingerprint density at radius 2 is 1.17 bits per heavy atom. The summed E-state index contributed by atoms with van der Waals surface area (Å²) in [6.45, 7) is 4.84. The summed E-state index contributed by atoms with van der Waals surface area (Å²) in [6.07, 6.45) is 9.99. The van der Waals surface area contributed by atoms with Crippen molar-refractivity contribution >= 4 is 47.7 Å². The zero-order valence-electron chi connectivity index (χ0n) is 23.6. The summed E-state index contributed by atoms with van der Waals surface area (Å²) < 4.78 is 2.74. The van der Waals surface area contributed by atoms with Gasteiger partial charge in [-0.15, -0.1) is 0 Å². The molecular formula is C39H30Cl2Zr. The van der Waals surface area contributed by atoms with Gasteiger partial charge in [0.1, 0.15) is 0 Å². The summed E-state index contributed by atoms with van der Waals surface area (Å²) in [7, 11) is 0. The van der Waals surface area contributed by atoms with Crippen LogP contribution < -0.4 is 24.8 Å². The van der Waals surface area contributed by atoms with E-state index in [2.05, 4.69) is 147 Å². The quantitative estimate of drug-likeness (QED) is 0.246. The van der Waals surface area contributed by atoms with E-state index in [1.807, 2.05) is 0 Å². The number of allylic oxidation sites excluding steroid dienone is 2. The second-order valence-electron chi connectivity index (χ2n) is 11.4. The molecule has 0 aliphatic heterocycles. The molecule has 2 aliphatic rings. The Morgan fingerprint density at radius 3 is 1.98 bits per heavy atom. The van der Waals surface area contributed by atoms with E-state index in [4.69, 9.17) is 0 Å². The Labute approximate surface area is 267 Å².